The summed E-state index contributed by atoms with van der Waals surface area (Å²) in [7, 11) is 0. The van der Waals surface area contributed by atoms with Gasteiger partial charge in [-0.3, -0.25) is 0 Å². The first-order valence-electron chi connectivity index (χ1n) is 7.14. The normalized spacial score (nSPS) is 11.4. The van der Waals surface area contributed by atoms with E-state index in [-0.39, 0.29) is 0 Å². The minimum Gasteiger partial charge on any atom is -0.508 e. The van der Waals surface area contributed by atoms with Crippen molar-refractivity contribution in [3.8, 4) is 11.5 Å². The molecular formula is C16H26O2. The van der Waals surface area contributed by atoms with E-state index in [0.29, 0.717) is 23.3 Å². The van der Waals surface area contributed by atoms with Crippen molar-refractivity contribution in [1.82, 2.24) is 0 Å². The van der Waals surface area contributed by atoms with Crippen LogP contribution in [-0.2, 0) is 0 Å². The number of rotatable bonds is 6. The van der Waals surface area contributed by atoms with E-state index in [1.54, 1.807) is 12.1 Å². The molecule has 0 aromatic heterocycles. The molecule has 2 N–H and O–H groups in total. The highest BCUT2D eigenvalue weighted by molar-refractivity contribution is 5.48. The number of benzene rings is 1. The van der Waals surface area contributed by atoms with Gasteiger partial charge in [0.05, 0.1) is 0 Å². The minimum atomic E-state index is 0.326. The Bertz CT molecular complexity index is 339. The van der Waals surface area contributed by atoms with Gasteiger partial charge in [0.15, 0.2) is 0 Å². The van der Waals surface area contributed by atoms with Gasteiger partial charge < -0.3 is 10.2 Å². The van der Waals surface area contributed by atoms with Crippen molar-refractivity contribution in [3.05, 3.63) is 23.3 Å². The molecule has 1 aromatic rings. The highest BCUT2D eigenvalue weighted by Gasteiger charge is 2.18. The van der Waals surface area contributed by atoms with Crippen molar-refractivity contribution in [2.45, 2.75) is 65.2 Å². The lowest BCUT2D eigenvalue weighted by Gasteiger charge is -2.20. The Morgan fingerprint density at radius 3 is 1.22 bits per heavy atom. The molecule has 0 fully saturated rings. The van der Waals surface area contributed by atoms with Crippen molar-refractivity contribution in [3.63, 3.8) is 0 Å². The molecule has 18 heavy (non-hydrogen) atoms. The van der Waals surface area contributed by atoms with E-state index in [2.05, 4.69) is 27.7 Å². The molecule has 102 valence electrons. The number of phenols is 2. The molecule has 0 atom stereocenters. The summed E-state index contributed by atoms with van der Waals surface area (Å²) in [6.07, 6.45) is 3.92. The van der Waals surface area contributed by atoms with E-state index >= 15 is 0 Å². The second-order valence-electron chi connectivity index (χ2n) is 5.00. The third kappa shape index (κ3) is 2.98. The molecule has 0 saturated heterocycles. The number of aromatic hydroxyl groups is 2. The maximum absolute atomic E-state index is 10.2. The van der Waals surface area contributed by atoms with Gasteiger partial charge >= 0.3 is 0 Å². The molecule has 0 heterocycles. The van der Waals surface area contributed by atoms with Gasteiger partial charge in [-0.15, -0.1) is 0 Å². The summed E-state index contributed by atoms with van der Waals surface area (Å²) in [5.74, 6) is 1.32. The molecule has 0 bridgehead atoms. The molecule has 0 aliphatic carbocycles. The van der Waals surface area contributed by atoms with Gasteiger partial charge in [0.1, 0.15) is 11.5 Å². The molecule has 2 nitrogen and oxygen atoms in total. The fraction of sp³-hybridized carbons (Fsp3) is 0.625. The van der Waals surface area contributed by atoms with Crippen molar-refractivity contribution >= 4 is 0 Å². The van der Waals surface area contributed by atoms with E-state index < -0.39 is 0 Å². The second-order valence-corrected chi connectivity index (χ2v) is 5.00. The Hall–Kier alpha value is -1.18. The van der Waals surface area contributed by atoms with E-state index in [9.17, 15) is 10.2 Å². The summed E-state index contributed by atoms with van der Waals surface area (Å²) in [5.41, 5.74) is 1.76. The quantitative estimate of drug-likeness (QED) is 0.705. The monoisotopic (exact) mass is 250 g/mol. The third-order valence-electron chi connectivity index (χ3n) is 4.03. The fourth-order valence-corrected chi connectivity index (χ4v) is 2.72. The minimum absolute atomic E-state index is 0.326. The summed E-state index contributed by atoms with van der Waals surface area (Å²) in [6.45, 7) is 8.44. The van der Waals surface area contributed by atoms with Crippen LogP contribution in [-0.4, -0.2) is 10.2 Å². The summed E-state index contributed by atoms with van der Waals surface area (Å²) in [4.78, 5) is 0. The van der Waals surface area contributed by atoms with Crippen LogP contribution in [0, 0.1) is 0 Å². The van der Waals surface area contributed by atoms with Crippen molar-refractivity contribution in [2.24, 2.45) is 0 Å². The average Bonchev–Trinajstić information content (AvgIpc) is 2.37. The second kappa shape index (κ2) is 6.67. The van der Waals surface area contributed by atoms with Gasteiger partial charge in [-0.25, -0.2) is 0 Å². The number of hydrogen-bond acceptors (Lipinski definition) is 2. The zero-order valence-electron chi connectivity index (χ0n) is 12.0. The lowest BCUT2D eigenvalue weighted by Crippen LogP contribution is -2.00. The number of hydrogen-bond donors (Lipinski definition) is 2. The van der Waals surface area contributed by atoms with Crippen LogP contribution in [0.25, 0.3) is 0 Å². The number of phenolic OH excluding ortho intramolecular Hbond substituents is 2. The predicted molar refractivity (Wildman–Crippen MR) is 76.4 cm³/mol. The molecule has 0 saturated carbocycles. The highest BCUT2D eigenvalue weighted by Crippen LogP contribution is 2.39. The summed E-state index contributed by atoms with van der Waals surface area (Å²) >= 11 is 0. The van der Waals surface area contributed by atoms with Crippen molar-refractivity contribution in [1.29, 1.82) is 0 Å². The molecule has 0 amide bonds. The molecule has 0 spiro atoms. The Morgan fingerprint density at radius 1 is 0.722 bits per heavy atom. The van der Waals surface area contributed by atoms with Gasteiger partial charge in [-0.05, 0) is 49.7 Å². The van der Waals surface area contributed by atoms with Crippen LogP contribution in [0.15, 0.2) is 12.1 Å². The predicted octanol–water partition coefficient (Wildman–Crippen LogP) is 4.91. The highest BCUT2D eigenvalue weighted by atomic mass is 16.3. The Balaban J connectivity index is 3.18. The van der Waals surface area contributed by atoms with Crippen LogP contribution < -0.4 is 0 Å². The lowest BCUT2D eigenvalue weighted by atomic mass is 9.87. The van der Waals surface area contributed by atoms with Crippen LogP contribution in [0.3, 0.4) is 0 Å². The van der Waals surface area contributed by atoms with Crippen molar-refractivity contribution in [2.75, 3.05) is 0 Å². The van der Waals surface area contributed by atoms with Gasteiger partial charge in [-0.1, -0.05) is 27.7 Å². The molecule has 1 rings (SSSR count). The van der Waals surface area contributed by atoms with Gasteiger partial charge in [0, 0.05) is 11.1 Å². The fourth-order valence-electron chi connectivity index (χ4n) is 2.72. The molecule has 0 aliphatic rings. The van der Waals surface area contributed by atoms with Crippen LogP contribution in [0.5, 0.6) is 11.5 Å². The summed E-state index contributed by atoms with van der Waals surface area (Å²) in [5, 5.41) is 20.4. The van der Waals surface area contributed by atoms with E-state index in [0.717, 1.165) is 36.8 Å². The van der Waals surface area contributed by atoms with Crippen LogP contribution in [0.1, 0.15) is 76.3 Å². The van der Waals surface area contributed by atoms with Gasteiger partial charge in [0.2, 0.25) is 0 Å². The first kappa shape index (κ1) is 14.9. The zero-order chi connectivity index (χ0) is 13.7. The average molecular weight is 250 g/mol. The molecule has 2 heteroatoms. The third-order valence-corrected chi connectivity index (χ3v) is 4.03. The Kier molecular flexibility index (Phi) is 5.52. The van der Waals surface area contributed by atoms with Gasteiger partial charge in [-0.2, -0.15) is 0 Å². The zero-order valence-corrected chi connectivity index (χ0v) is 12.0. The van der Waals surface area contributed by atoms with E-state index in [1.807, 2.05) is 0 Å². The van der Waals surface area contributed by atoms with Crippen LogP contribution >= 0.6 is 0 Å². The first-order chi connectivity index (χ1) is 8.58. The van der Waals surface area contributed by atoms with E-state index in [4.69, 9.17) is 0 Å². The largest absolute Gasteiger partial charge is 0.508 e. The van der Waals surface area contributed by atoms with Crippen LogP contribution in [0.4, 0.5) is 0 Å². The summed E-state index contributed by atoms with van der Waals surface area (Å²) < 4.78 is 0. The molecule has 0 radical (unpaired) electrons. The van der Waals surface area contributed by atoms with Crippen LogP contribution in [0.2, 0.25) is 0 Å². The Morgan fingerprint density at radius 2 is 1.00 bits per heavy atom. The lowest BCUT2D eigenvalue weighted by molar-refractivity contribution is 0.433. The standard InChI is InChI=1S/C16H26O2/c1-5-11(6-2)13-9-16(18)14(10-15(13)17)12(7-3)8-4/h9-12,17-18H,5-8H2,1-4H3. The maximum Gasteiger partial charge on any atom is 0.119 e. The van der Waals surface area contributed by atoms with E-state index in [1.165, 1.54) is 0 Å². The topological polar surface area (TPSA) is 40.5 Å². The van der Waals surface area contributed by atoms with Gasteiger partial charge in [0.25, 0.3) is 0 Å². The Labute approximate surface area is 111 Å². The van der Waals surface area contributed by atoms with Crippen molar-refractivity contribution < 1.29 is 10.2 Å². The SMILES string of the molecule is CCC(CC)c1cc(O)c(C(CC)CC)cc1O. The molecule has 1 aromatic carbocycles. The molecule has 0 unspecified atom stereocenters. The maximum atomic E-state index is 10.2. The summed E-state index contributed by atoms with van der Waals surface area (Å²) in [6, 6.07) is 3.53. The smallest absolute Gasteiger partial charge is 0.119 e. The first-order valence-corrected chi connectivity index (χ1v) is 7.14. The molecule has 0 aliphatic heterocycles. The molecular weight excluding hydrogens is 224 g/mol.